The SMILES string of the molecule is O=C1CSc2ccc(NC(=O)c3ncccc3Br)cc2N1. The standard InChI is InChI=1S/C14H10BrN3O2S/c15-9-2-1-5-16-13(9)14(20)17-8-3-4-11-10(6-8)18-12(19)7-21-11/h1-6H,7H2,(H,17,20)(H,18,19). The van der Waals surface area contributed by atoms with Crippen LogP contribution in [0.5, 0.6) is 0 Å². The average Bonchev–Trinajstić information content (AvgIpc) is 2.47. The number of aromatic nitrogens is 1. The van der Waals surface area contributed by atoms with E-state index in [0.717, 1.165) is 4.90 Å². The first kappa shape index (κ1) is 14.1. The highest BCUT2D eigenvalue weighted by Crippen LogP contribution is 2.33. The number of rotatable bonds is 2. The van der Waals surface area contributed by atoms with Crippen LogP contribution in [0.4, 0.5) is 11.4 Å². The fourth-order valence-corrected chi connectivity index (χ4v) is 3.13. The monoisotopic (exact) mass is 363 g/mol. The second-order valence-electron chi connectivity index (χ2n) is 4.34. The Balaban J connectivity index is 1.82. The molecule has 0 saturated carbocycles. The van der Waals surface area contributed by atoms with Crippen LogP contribution in [0, 0.1) is 0 Å². The summed E-state index contributed by atoms with van der Waals surface area (Å²) in [6, 6.07) is 8.92. The number of amides is 2. The molecule has 2 aromatic rings. The van der Waals surface area contributed by atoms with Gasteiger partial charge in [-0.05, 0) is 46.3 Å². The summed E-state index contributed by atoms with van der Waals surface area (Å²) in [7, 11) is 0. The van der Waals surface area contributed by atoms with E-state index in [2.05, 4.69) is 31.5 Å². The molecular formula is C14H10BrN3O2S. The van der Waals surface area contributed by atoms with E-state index in [1.807, 2.05) is 6.07 Å². The third kappa shape index (κ3) is 3.08. The van der Waals surface area contributed by atoms with E-state index >= 15 is 0 Å². The zero-order valence-corrected chi connectivity index (χ0v) is 13.1. The van der Waals surface area contributed by atoms with Gasteiger partial charge < -0.3 is 10.6 Å². The van der Waals surface area contributed by atoms with Crippen LogP contribution in [-0.4, -0.2) is 22.6 Å². The zero-order valence-electron chi connectivity index (χ0n) is 10.7. The lowest BCUT2D eigenvalue weighted by molar-refractivity contribution is -0.113. The number of anilines is 2. The summed E-state index contributed by atoms with van der Waals surface area (Å²) in [6.07, 6.45) is 1.56. The van der Waals surface area contributed by atoms with Gasteiger partial charge in [0.1, 0.15) is 5.69 Å². The number of halogens is 1. The number of pyridine rings is 1. The minimum absolute atomic E-state index is 0.0385. The van der Waals surface area contributed by atoms with Gasteiger partial charge in [0.2, 0.25) is 5.91 Å². The van der Waals surface area contributed by atoms with Crippen molar-refractivity contribution in [1.29, 1.82) is 0 Å². The molecule has 0 aliphatic carbocycles. The lowest BCUT2D eigenvalue weighted by Crippen LogP contribution is -2.19. The van der Waals surface area contributed by atoms with Crippen molar-refractivity contribution in [3.8, 4) is 0 Å². The van der Waals surface area contributed by atoms with Crippen LogP contribution in [0.3, 0.4) is 0 Å². The minimum atomic E-state index is -0.308. The summed E-state index contributed by atoms with van der Waals surface area (Å²) in [6.45, 7) is 0. The summed E-state index contributed by atoms with van der Waals surface area (Å²) in [4.78, 5) is 28.6. The van der Waals surface area contributed by atoms with Gasteiger partial charge >= 0.3 is 0 Å². The lowest BCUT2D eigenvalue weighted by Gasteiger charge is -2.17. The molecule has 106 valence electrons. The molecule has 2 N–H and O–H groups in total. The third-order valence-corrected chi connectivity index (χ3v) is 4.56. The van der Waals surface area contributed by atoms with E-state index in [9.17, 15) is 9.59 Å². The Bertz CT molecular complexity index is 736. The van der Waals surface area contributed by atoms with Crippen molar-refractivity contribution >= 4 is 50.9 Å². The van der Waals surface area contributed by atoms with Gasteiger partial charge in [-0.15, -0.1) is 11.8 Å². The molecule has 0 saturated heterocycles. The number of thioether (sulfide) groups is 1. The number of hydrogen-bond donors (Lipinski definition) is 2. The summed E-state index contributed by atoms with van der Waals surface area (Å²) in [5, 5.41) is 5.56. The third-order valence-electron chi connectivity index (χ3n) is 2.84. The van der Waals surface area contributed by atoms with Gasteiger partial charge in [0.05, 0.1) is 11.4 Å². The van der Waals surface area contributed by atoms with E-state index in [-0.39, 0.29) is 11.8 Å². The molecule has 0 radical (unpaired) electrons. The number of carbonyl (C=O) groups is 2. The van der Waals surface area contributed by atoms with E-state index in [4.69, 9.17) is 0 Å². The maximum absolute atomic E-state index is 12.2. The van der Waals surface area contributed by atoms with Gasteiger partial charge in [0.25, 0.3) is 5.91 Å². The van der Waals surface area contributed by atoms with Gasteiger partial charge in [0.15, 0.2) is 0 Å². The molecule has 0 atom stereocenters. The number of benzene rings is 1. The Morgan fingerprint density at radius 3 is 3.05 bits per heavy atom. The van der Waals surface area contributed by atoms with Crippen LogP contribution in [0.15, 0.2) is 45.9 Å². The van der Waals surface area contributed by atoms with Crippen LogP contribution in [0.25, 0.3) is 0 Å². The maximum Gasteiger partial charge on any atom is 0.275 e. The van der Waals surface area contributed by atoms with Crippen LogP contribution < -0.4 is 10.6 Å². The molecule has 0 unspecified atom stereocenters. The van der Waals surface area contributed by atoms with Gasteiger partial charge in [0, 0.05) is 21.3 Å². The molecule has 2 amide bonds. The lowest BCUT2D eigenvalue weighted by atomic mass is 10.2. The van der Waals surface area contributed by atoms with Crippen LogP contribution in [-0.2, 0) is 4.79 Å². The number of fused-ring (bicyclic) bond motifs is 1. The molecule has 0 bridgehead atoms. The van der Waals surface area contributed by atoms with Gasteiger partial charge in [-0.3, -0.25) is 9.59 Å². The molecule has 7 heteroatoms. The topological polar surface area (TPSA) is 71.1 Å². The molecule has 2 heterocycles. The molecular weight excluding hydrogens is 354 g/mol. The Morgan fingerprint density at radius 1 is 1.38 bits per heavy atom. The largest absolute Gasteiger partial charge is 0.324 e. The molecule has 21 heavy (non-hydrogen) atoms. The Kier molecular flexibility index (Phi) is 3.94. The van der Waals surface area contributed by atoms with E-state index in [1.54, 1.807) is 30.5 Å². The van der Waals surface area contributed by atoms with E-state index < -0.39 is 0 Å². The zero-order chi connectivity index (χ0) is 14.8. The minimum Gasteiger partial charge on any atom is -0.324 e. The van der Waals surface area contributed by atoms with Gasteiger partial charge in [-0.25, -0.2) is 4.98 Å². The second-order valence-corrected chi connectivity index (χ2v) is 6.21. The Labute approximate surface area is 133 Å². The summed E-state index contributed by atoms with van der Waals surface area (Å²) >= 11 is 4.77. The highest BCUT2D eigenvalue weighted by Gasteiger charge is 2.17. The predicted octanol–water partition coefficient (Wildman–Crippen LogP) is 3.14. The number of carbonyl (C=O) groups excluding carboxylic acids is 2. The van der Waals surface area contributed by atoms with Crippen molar-refractivity contribution in [2.24, 2.45) is 0 Å². The molecule has 1 aromatic heterocycles. The molecule has 0 spiro atoms. The van der Waals surface area contributed by atoms with Crippen molar-refractivity contribution in [3.63, 3.8) is 0 Å². The number of nitrogens with zero attached hydrogens (tertiary/aromatic N) is 1. The normalized spacial score (nSPS) is 13.3. The molecule has 3 rings (SSSR count). The highest BCUT2D eigenvalue weighted by atomic mass is 79.9. The number of nitrogens with one attached hydrogen (secondary N) is 2. The van der Waals surface area contributed by atoms with Crippen molar-refractivity contribution in [2.45, 2.75) is 4.90 Å². The number of hydrogen-bond acceptors (Lipinski definition) is 4. The van der Waals surface area contributed by atoms with Crippen molar-refractivity contribution in [1.82, 2.24) is 4.98 Å². The first-order valence-corrected chi connectivity index (χ1v) is 7.90. The van der Waals surface area contributed by atoms with Crippen LogP contribution in [0.2, 0.25) is 0 Å². The summed E-state index contributed by atoms with van der Waals surface area (Å²) in [5.41, 5.74) is 1.64. The van der Waals surface area contributed by atoms with E-state index in [0.29, 0.717) is 27.3 Å². The molecule has 1 aliphatic heterocycles. The highest BCUT2D eigenvalue weighted by molar-refractivity contribution is 9.10. The fourth-order valence-electron chi connectivity index (χ4n) is 1.90. The molecule has 1 aliphatic rings. The Morgan fingerprint density at radius 2 is 2.24 bits per heavy atom. The smallest absolute Gasteiger partial charge is 0.275 e. The average molecular weight is 364 g/mol. The second kappa shape index (κ2) is 5.87. The quantitative estimate of drug-likeness (QED) is 0.859. The summed E-state index contributed by atoms with van der Waals surface area (Å²) < 4.78 is 0.629. The van der Waals surface area contributed by atoms with Crippen molar-refractivity contribution < 1.29 is 9.59 Å². The molecule has 1 aromatic carbocycles. The van der Waals surface area contributed by atoms with Crippen molar-refractivity contribution in [2.75, 3.05) is 16.4 Å². The van der Waals surface area contributed by atoms with Crippen molar-refractivity contribution in [3.05, 3.63) is 46.7 Å². The summed E-state index contributed by atoms with van der Waals surface area (Å²) in [5.74, 6) is 0.0696. The first-order chi connectivity index (χ1) is 10.1. The van der Waals surface area contributed by atoms with Gasteiger partial charge in [-0.1, -0.05) is 0 Å². The van der Waals surface area contributed by atoms with Gasteiger partial charge in [-0.2, -0.15) is 0 Å². The fraction of sp³-hybridized carbons (Fsp3) is 0.0714. The van der Waals surface area contributed by atoms with Crippen LogP contribution >= 0.6 is 27.7 Å². The first-order valence-electron chi connectivity index (χ1n) is 6.12. The van der Waals surface area contributed by atoms with E-state index in [1.165, 1.54) is 11.8 Å². The predicted molar refractivity (Wildman–Crippen MR) is 85.7 cm³/mol. The molecule has 5 nitrogen and oxygen atoms in total. The Hall–Kier alpha value is -1.86. The van der Waals surface area contributed by atoms with Crippen LogP contribution in [0.1, 0.15) is 10.5 Å². The molecule has 0 fully saturated rings. The maximum atomic E-state index is 12.2.